The average Bonchev–Trinajstić information content (AvgIpc) is 3.39. The highest BCUT2D eigenvalue weighted by atomic mass is 79.9. The molecule has 1 saturated heterocycles. The molecule has 0 aliphatic carbocycles. The second-order valence-corrected chi connectivity index (χ2v) is 9.28. The number of ether oxygens (including phenoxy) is 3. The molecule has 0 radical (unpaired) electrons. The fourth-order valence-electron chi connectivity index (χ4n) is 4.17. The Hall–Kier alpha value is -2.67. The lowest BCUT2D eigenvalue weighted by atomic mass is 9.95. The minimum atomic E-state index is -0.750. The number of hydrogen-bond acceptors (Lipinski definition) is 9. The van der Waals surface area contributed by atoms with Crippen molar-refractivity contribution in [3.05, 3.63) is 57.5 Å². The molecule has 0 bridgehead atoms. The van der Waals surface area contributed by atoms with Crippen LogP contribution in [0, 0.1) is 5.82 Å². The van der Waals surface area contributed by atoms with Crippen LogP contribution in [0.15, 0.2) is 45.3 Å². The topological polar surface area (TPSA) is 114 Å². The number of morpholine rings is 1. The predicted octanol–water partition coefficient (Wildman–Crippen LogP) is 2.74. The molecule has 3 heterocycles. The van der Waals surface area contributed by atoms with Crippen LogP contribution in [0.5, 0.6) is 0 Å². The summed E-state index contributed by atoms with van der Waals surface area (Å²) >= 11 is 3.44. The number of aromatic nitrogens is 3. The number of amidine groups is 1. The van der Waals surface area contributed by atoms with E-state index in [2.05, 4.69) is 48.3 Å². The Kier molecular flexibility index (Phi) is 9.19. The van der Waals surface area contributed by atoms with Crippen molar-refractivity contribution >= 4 is 27.7 Å². The SMILES string of the molecule is CCCOCC1CN(CC2=C(C(=O)OCC)C(c3ccc(F)cc3Br)N=C(c3ncn[nH]3)N2)CCO1. The van der Waals surface area contributed by atoms with Gasteiger partial charge in [-0.15, -0.1) is 0 Å². The van der Waals surface area contributed by atoms with Crippen LogP contribution in [0.4, 0.5) is 4.39 Å². The molecule has 2 N–H and O–H groups in total. The monoisotopic (exact) mass is 564 g/mol. The van der Waals surface area contributed by atoms with E-state index in [0.717, 1.165) is 6.42 Å². The van der Waals surface area contributed by atoms with Gasteiger partial charge in [0.1, 0.15) is 18.2 Å². The standard InChI is InChI=1S/C24H30BrFN6O4/c1-3-8-34-13-16-11-32(7-9-36-16)12-19-20(24(33)35-4-2)21(17-6-5-15(26)10-18(17)25)30-23(29-19)22-27-14-28-31-22/h5-6,10,14,16,21H,3-4,7-9,11-13H2,1-2H3,(H,29,30)(H,27,28,31). The molecule has 194 valence electrons. The summed E-state index contributed by atoms with van der Waals surface area (Å²) in [6.45, 7) is 7.53. The molecule has 4 rings (SSSR count). The van der Waals surface area contributed by atoms with Gasteiger partial charge in [-0.05, 0) is 31.0 Å². The Balaban J connectivity index is 1.70. The highest BCUT2D eigenvalue weighted by molar-refractivity contribution is 9.10. The molecule has 0 amide bonds. The summed E-state index contributed by atoms with van der Waals surface area (Å²) in [7, 11) is 0. The second-order valence-electron chi connectivity index (χ2n) is 8.42. The largest absolute Gasteiger partial charge is 0.463 e. The van der Waals surface area contributed by atoms with Gasteiger partial charge in [0.05, 0.1) is 31.5 Å². The first-order chi connectivity index (χ1) is 17.5. The summed E-state index contributed by atoms with van der Waals surface area (Å²) in [5, 5.41) is 10.0. The summed E-state index contributed by atoms with van der Waals surface area (Å²) in [6, 6.07) is 3.56. The zero-order valence-electron chi connectivity index (χ0n) is 20.3. The van der Waals surface area contributed by atoms with Gasteiger partial charge in [0.25, 0.3) is 0 Å². The molecule has 2 unspecified atom stereocenters. The first-order valence-corrected chi connectivity index (χ1v) is 12.8. The maximum Gasteiger partial charge on any atom is 0.338 e. The normalized spacial score (nSPS) is 20.7. The Morgan fingerprint density at radius 2 is 2.22 bits per heavy atom. The molecule has 0 saturated carbocycles. The number of esters is 1. The van der Waals surface area contributed by atoms with Crippen LogP contribution in [-0.2, 0) is 19.0 Å². The number of hydrogen-bond donors (Lipinski definition) is 2. The number of nitrogens with one attached hydrogen (secondary N) is 2. The van der Waals surface area contributed by atoms with Gasteiger partial charge in [-0.2, -0.15) is 5.10 Å². The van der Waals surface area contributed by atoms with Crippen molar-refractivity contribution in [1.82, 2.24) is 25.4 Å². The fourth-order valence-corrected chi connectivity index (χ4v) is 4.73. The van der Waals surface area contributed by atoms with E-state index in [1.807, 2.05) is 0 Å². The lowest BCUT2D eigenvalue weighted by Crippen LogP contribution is -2.47. The second kappa shape index (κ2) is 12.5. The summed E-state index contributed by atoms with van der Waals surface area (Å²) in [4.78, 5) is 24.5. The number of carbonyl (C=O) groups is 1. The highest BCUT2D eigenvalue weighted by Gasteiger charge is 2.35. The molecule has 12 heteroatoms. The van der Waals surface area contributed by atoms with Crippen molar-refractivity contribution in [2.75, 3.05) is 46.1 Å². The minimum Gasteiger partial charge on any atom is -0.463 e. The molecular formula is C24H30BrFN6O4. The van der Waals surface area contributed by atoms with Gasteiger partial charge >= 0.3 is 5.97 Å². The molecule has 2 aliphatic heterocycles. The van der Waals surface area contributed by atoms with E-state index in [1.54, 1.807) is 13.0 Å². The summed E-state index contributed by atoms with van der Waals surface area (Å²) in [5.74, 6) is -0.0393. The van der Waals surface area contributed by atoms with Crippen molar-refractivity contribution in [2.24, 2.45) is 4.99 Å². The Morgan fingerprint density at radius 1 is 1.36 bits per heavy atom. The number of halogens is 2. The van der Waals surface area contributed by atoms with E-state index >= 15 is 0 Å². The van der Waals surface area contributed by atoms with Gasteiger partial charge in [-0.1, -0.05) is 28.9 Å². The zero-order chi connectivity index (χ0) is 25.5. The third-order valence-electron chi connectivity index (χ3n) is 5.77. The third-order valence-corrected chi connectivity index (χ3v) is 6.46. The van der Waals surface area contributed by atoms with Crippen molar-refractivity contribution in [3.63, 3.8) is 0 Å². The van der Waals surface area contributed by atoms with Crippen LogP contribution in [0.1, 0.15) is 37.7 Å². The quantitative estimate of drug-likeness (QED) is 0.334. The van der Waals surface area contributed by atoms with Crippen LogP contribution >= 0.6 is 15.9 Å². The van der Waals surface area contributed by atoms with Crippen molar-refractivity contribution in [3.8, 4) is 0 Å². The molecule has 1 aromatic heterocycles. The summed E-state index contributed by atoms with van der Waals surface area (Å²) < 4.78 is 31.4. The molecule has 2 aromatic rings. The van der Waals surface area contributed by atoms with Gasteiger partial charge in [0.2, 0.25) is 0 Å². The molecule has 1 aromatic carbocycles. The summed E-state index contributed by atoms with van der Waals surface area (Å²) in [5.41, 5.74) is 1.62. The number of rotatable bonds is 10. The fraction of sp³-hybridized carbons (Fsp3) is 0.500. The van der Waals surface area contributed by atoms with Crippen LogP contribution in [0.25, 0.3) is 0 Å². The smallest absolute Gasteiger partial charge is 0.338 e. The lowest BCUT2D eigenvalue weighted by molar-refractivity contribution is -0.139. The number of carbonyl (C=O) groups excluding carboxylic acids is 1. The van der Waals surface area contributed by atoms with E-state index in [9.17, 15) is 9.18 Å². The summed E-state index contributed by atoms with van der Waals surface area (Å²) in [6.07, 6.45) is 2.26. The van der Waals surface area contributed by atoms with Crippen LogP contribution in [0.2, 0.25) is 0 Å². The number of nitrogens with zero attached hydrogens (tertiary/aromatic N) is 4. The predicted molar refractivity (Wildman–Crippen MR) is 134 cm³/mol. The van der Waals surface area contributed by atoms with Crippen molar-refractivity contribution < 1.29 is 23.4 Å². The minimum absolute atomic E-state index is 0.0648. The van der Waals surface area contributed by atoms with Gasteiger partial charge in [-0.25, -0.2) is 14.2 Å². The molecule has 0 spiro atoms. The maximum absolute atomic E-state index is 13.9. The highest BCUT2D eigenvalue weighted by Crippen LogP contribution is 2.36. The first-order valence-electron chi connectivity index (χ1n) is 12.0. The molecule has 36 heavy (non-hydrogen) atoms. The van der Waals surface area contributed by atoms with Crippen LogP contribution in [0.3, 0.4) is 0 Å². The number of H-pyrrole nitrogens is 1. The molecular weight excluding hydrogens is 535 g/mol. The van der Waals surface area contributed by atoms with E-state index in [0.29, 0.717) is 72.4 Å². The number of benzene rings is 1. The third kappa shape index (κ3) is 6.36. The number of aromatic amines is 1. The van der Waals surface area contributed by atoms with Crippen molar-refractivity contribution in [1.29, 1.82) is 0 Å². The Bertz CT molecular complexity index is 1110. The van der Waals surface area contributed by atoms with E-state index < -0.39 is 17.8 Å². The van der Waals surface area contributed by atoms with Crippen LogP contribution in [-0.4, -0.2) is 84.1 Å². The lowest BCUT2D eigenvalue weighted by Gasteiger charge is -2.35. The molecule has 10 nitrogen and oxygen atoms in total. The van der Waals surface area contributed by atoms with Gasteiger partial charge in [-0.3, -0.25) is 15.0 Å². The van der Waals surface area contributed by atoms with Crippen molar-refractivity contribution in [2.45, 2.75) is 32.4 Å². The Labute approximate surface area is 217 Å². The van der Waals surface area contributed by atoms with E-state index in [4.69, 9.17) is 19.2 Å². The Morgan fingerprint density at radius 3 is 2.94 bits per heavy atom. The maximum atomic E-state index is 13.9. The number of aliphatic imine (C=N–C) groups is 1. The van der Waals surface area contributed by atoms with E-state index in [1.165, 1.54) is 18.5 Å². The molecule has 1 fully saturated rings. The van der Waals surface area contributed by atoms with Gasteiger partial charge in [0, 0.05) is 36.4 Å². The van der Waals surface area contributed by atoms with Crippen LogP contribution < -0.4 is 5.32 Å². The van der Waals surface area contributed by atoms with Gasteiger partial charge in [0.15, 0.2) is 11.7 Å². The zero-order valence-corrected chi connectivity index (χ0v) is 21.9. The average molecular weight is 565 g/mol. The van der Waals surface area contributed by atoms with Gasteiger partial charge < -0.3 is 19.5 Å². The first kappa shape index (κ1) is 26.4. The van der Waals surface area contributed by atoms with E-state index in [-0.39, 0.29) is 12.7 Å². The molecule has 2 atom stereocenters. The molecule has 2 aliphatic rings.